The number of halogens is 1. The van der Waals surface area contributed by atoms with Crippen molar-refractivity contribution >= 4 is 27.5 Å². The molecule has 2 rings (SSSR count). The first-order valence-electron chi connectivity index (χ1n) is 6.12. The second kappa shape index (κ2) is 7.31. The fourth-order valence-electron chi connectivity index (χ4n) is 1.53. The maximum absolute atomic E-state index is 11.9. The Hall–Kier alpha value is -2.52. The van der Waals surface area contributed by atoms with Gasteiger partial charge in [0, 0.05) is 16.4 Å². The summed E-state index contributed by atoms with van der Waals surface area (Å²) >= 11 is 3.33. The Morgan fingerprint density at radius 2 is 2.10 bits per heavy atom. The summed E-state index contributed by atoms with van der Waals surface area (Å²) in [5.74, 6) is 0.167. The number of amides is 1. The molecule has 5 nitrogen and oxygen atoms in total. The first-order chi connectivity index (χ1) is 10.2. The maximum atomic E-state index is 11.9. The van der Waals surface area contributed by atoms with Gasteiger partial charge in [-0.1, -0.05) is 15.9 Å². The third-order valence-corrected chi connectivity index (χ3v) is 3.12. The van der Waals surface area contributed by atoms with E-state index in [0.717, 1.165) is 10.2 Å². The van der Waals surface area contributed by atoms with Crippen molar-refractivity contribution in [2.24, 2.45) is 0 Å². The summed E-state index contributed by atoms with van der Waals surface area (Å²) in [5, 5.41) is 14.5. The molecule has 2 aromatic rings. The number of hydrogen-bond donors (Lipinski definition) is 2. The molecular weight excluding hydrogens is 334 g/mol. The van der Waals surface area contributed by atoms with Gasteiger partial charge in [0.25, 0.3) is 5.91 Å². The van der Waals surface area contributed by atoms with Crippen LogP contribution in [0.25, 0.3) is 0 Å². The van der Waals surface area contributed by atoms with Crippen LogP contribution in [0.4, 0.5) is 5.69 Å². The second-order valence-corrected chi connectivity index (χ2v) is 5.00. The number of hydrogen-bond acceptors (Lipinski definition) is 4. The highest BCUT2D eigenvalue weighted by molar-refractivity contribution is 9.10. The molecule has 21 heavy (non-hydrogen) atoms. The summed E-state index contributed by atoms with van der Waals surface area (Å²) in [6.07, 6.45) is 2.90. The van der Waals surface area contributed by atoms with Crippen LogP contribution in [0.5, 0.6) is 0 Å². The van der Waals surface area contributed by atoms with Crippen LogP contribution in [0.15, 0.2) is 63.3 Å². The van der Waals surface area contributed by atoms with E-state index in [1.54, 1.807) is 12.1 Å². The number of carbonyl (C=O) groups excluding carboxylic acids is 1. The lowest BCUT2D eigenvalue weighted by Crippen LogP contribution is -2.24. The van der Waals surface area contributed by atoms with Crippen LogP contribution in [-0.4, -0.2) is 5.91 Å². The third-order valence-electron chi connectivity index (χ3n) is 2.60. The normalized spacial score (nSPS) is 10.8. The molecule has 1 heterocycles. The van der Waals surface area contributed by atoms with Crippen molar-refractivity contribution < 1.29 is 9.21 Å². The van der Waals surface area contributed by atoms with E-state index in [1.165, 1.54) is 12.5 Å². The molecular formula is C15H12BrN3O2. The van der Waals surface area contributed by atoms with Gasteiger partial charge >= 0.3 is 0 Å². The summed E-state index contributed by atoms with van der Waals surface area (Å²) in [4.78, 5) is 11.9. The van der Waals surface area contributed by atoms with E-state index in [9.17, 15) is 4.79 Å². The topological polar surface area (TPSA) is 78.1 Å². The molecule has 0 saturated carbocycles. The summed E-state index contributed by atoms with van der Waals surface area (Å²) in [6.45, 7) is 0.239. The van der Waals surface area contributed by atoms with Crippen molar-refractivity contribution in [2.45, 2.75) is 6.54 Å². The lowest BCUT2D eigenvalue weighted by molar-refractivity contribution is -0.117. The molecule has 0 aliphatic carbocycles. The lowest BCUT2D eigenvalue weighted by Gasteiger charge is -2.04. The fourth-order valence-corrected chi connectivity index (χ4v) is 1.79. The van der Waals surface area contributed by atoms with Crippen LogP contribution in [0.3, 0.4) is 0 Å². The number of furan rings is 1. The zero-order chi connectivity index (χ0) is 15.1. The summed E-state index contributed by atoms with van der Waals surface area (Å²) in [7, 11) is 0. The minimum absolute atomic E-state index is 0.00975. The highest BCUT2D eigenvalue weighted by Gasteiger charge is 2.09. The quantitative estimate of drug-likeness (QED) is 0.644. The molecule has 106 valence electrons. The Morgan fingerprint density at radius 3 is 2.71 bits per heavy atom. The Kier molecular flexibility index (Phi) is 5.18. The molecule has 0 aliphatic rings. The first-order valence-corrected chi connectivity index (χ1v) is 6.91. The monoisotopic (exact) mass is 345 g/mol. The number of nitriles is 1. The van der Waals surface area contributed by atoms with Crippen LogP contribution in [0, 0.1) is 11.3 Å². The molecule has 0 spiro atoms. The van der Waals surface area contributed by atoms with E-state index < -0.39 is 5.91 Å². The molecule has 0 fully saturated rings. The molecule has 2 N–H and O–H groups in total. The number of nitrogens with one attached hydrogen (secondary N) is 2. The number of anilines is 1. The van der Waals surface area contributed by atoms with Crippen LogP contribution in [-0.2, 0) is 11.3 Å². The van der Waals surface area contributed by atoms with Gasteiger partial charge in [-0.2, -0.15) is 5.26 Å². The molecule has 0 unspecified atom stereocenters. The molecule has 0 saturated heterocycles. The van der Waals surface area contributed by atoms with E-state index >= 15 is 0 Å². The lowest BCUT2D eigenvalue weighted by atomic mass is 10.2. The number of benzene rings is 1. The SMILES string of the molecule is N#C/C(=C/Nc1ccc(Br)cc1)C(=O)NCc1ccco1. The predicted octanol–water partition coefficient (Wildman–Crippen LogP) is 3.18. The highest BCUT2D eigenvalue weighted by Crippen LogP contribution is 2.14. The molecule has 1 aromatic heterocycles. The second-order valence-electron chi connectivity index (χ2n) is 4.08. The van der Waals surface area contributed by atoms with Crippen molar-refractivity contribution in [1.82, 2.24) is 5.32 Å². The molecule has 1 amide bonds. The summed E-state index contributed by atoms with van der Waals surface area (Å²) in [6, 6.07) is 12.7. The van der Waals surface area contributed by atoms with E-state index in [4.69, 9.17) is 9.68 Å². The maximum Gasteiger partial charge on any atom is 0.263 e. The van der Waals surface area contributed by atoms with Crippen molar-refractivity contribution in [3.8, 4) is 6.07 Å². The highest BCUT2D eigenvalue weighted by atomic mass is 79.9. The molecule has 1 aromatic carbocycles. The van der Waals surface area contributed by atoms with Gasteiger partial charge in [0.2, 0.25) is 0 Å². The number of rotatable bonds is 5. The minimum Gasteiger partial charge on any atom is -0.467 e. The Labute approximate surface area is 130 Å². The number of carbonyl (C=O) groups is 1. The van der Waals surface area contributed by atoms with Gasteiger partial charge in [-0.05, 0) is 36.4 Å². The van der Waals surface area contributed by atoms with Crippen LogP contribution < -0.4 is 10.6 Å². The van der Waals surface area contributed by atoms with Gasteiger partial charge in [-0.3, -0.25) is 4.79 Å². The average molecular weight is 346 g/mol. The van der Waals surface area contributed by atoms with Gasteiger partial charge in [-0.15, -0.1) is 0 Å². The summed E-state index contributed by atoms with van der Waals surface area (Å²) in [5.41, 5.74) is 0.772. The standard InChI is InChI=1S/C15H12BrN3O2/c16-12-3-5-13(6-4-12)18-9-11(8-17)15(20)19-10-14-2-1-7-21-14/h1-7,9,18H,10H2,(H,19,20)/b11-9-. The van der Waals surface area contributed by atoms with Crippen LogP contribution >= 0.6 is 15.9 Å². The van der Waals surface area contributed by atoms with Crippen LogP contribution in [0.1, 0.15) is 5.76 Å². The van der Waals surface area contributed by atoms with E-state index in [0.29, 0.717) is 5.76 Å². The van der Waals surface area contributed by atoms with E-state index in [1.807, 2.05) is 30.3 Å². The van der Waals surface area contributed by atoms with E-state index in [2.05, 4.69) is 26.6 Å². The predicted molar refractivity (Wildman–Crippen MR) is 82.0 cm³/mol. The van der Waals surface area contributed by atoms with Gasteiger partial charge in [0.1, 0.15) is 17.4 Å². The van der Waals surface area contributed by atoms with Gasteiger partial charge in [0.15, 0.2) is 0 Å². The van der Waals surface area contributed by atoms with Crippen molar-refractivity contribution in [1.29, 1.82) is 5.26 Å². The van der Waals surface area contributed by atoms with Crippen LogP contribution in [0.2, 0.25) is 0 Å². The smallest absolute Gasteiger partial charge is 0.263 e. The number of nitrogens with zero attached hydrogens (tertiary/aromatic N) is 1. The Balaban J connectivity index is 1.94. The summed E-state index contributed by atoms with van der Waals surface area (Å²) < 4.78 is 6.05. The zero-order valence-corrected chi connectivity index (χ0v) is 12.6. The molecule has 0 aliphatic heterocycles. The zero-order valence-electron chi connectivity index (χ0n) is 11.0. The molecule has 6 heteroatoms. The molecule has 0 radical (unpaired) electrons. The van der Waals surface area contributed by atoms with Crippen molar-refractivity contribution in [3.63, 3.8) is 0 Å². The largest absolute Gasteiger partial charge is 0.467 e. The van der Waals surface area contributed by atoms with Gasteiger partial charge < -0.3 is 15.1 Å². The third kappa shape index (κ3) is 4.51. The molecule has 0 atom stereocenters. The van der Waals surface area contributed by atoms with E-state index in [-0.39, 0.29) is 12.1 Å². The average Bonchev–Trinajstić information content (AvgIpc) is 3.01. The Morgan fingerprint density at radius 1 is 1.33 bits per heavy atom. The van der Waals surface area contributed by atoms with Gasteiger partial charge in [0.05, 0.1) is 12.8 Å². The fraction of sp³-hybridized carbons (Fsp3) is 0.0667. The minimum atomic E-state index is -0.460. The van der Waals surface area contributed by atoms with Crippen molar-refractivity contribution in [3.05, 3.63) is 64.7 Å². The molecule has 0 bridgehead atoms. The Bertz CT molecular complexity index is 670. The first kappa shape index (κ1) is 14.9. The van der Waals surface area contributed by atoms with Gasteiger partial charge in [-0.25, -0.2) is 0 Å². The van der Waals surface area contributed by atoms with Crippen molar-refractivity contribution in [2.75, 3.05) is 5.32 Å².